The average molecular weight is 320 g/mol. The predicted molar refractivity (Wildman–Crippen MR) is 95.1 cm³/mol. The van der Waals surface area contributed by atoms with Crippen molar-refractivity contribution in [3.63, 3.8) is 0 Å². The molecule has 0 unspecified atom stereocenters. The van der Waals surface area contributed by atoms with Gasteiger partial charge in [-0.1, -0.05) is 48.6 Å². The summed E-state index contributed by atoms with van der Waals surface area (Å²) in [5, 5.41) is 20.3. The van der Waals surface area contributed by atoms with Crippen molar-refractivity contribution in [1.29, 1.82) is 0 Å². The van der Waals surface area contributed by atoms with Crippen LogP contribution in [0.25, 0.3) is 28.4 Å². The summed E-state index contributed by atoms with van der Waals surface area (Å²) in [5.74, 6) is -0.122. The fraction of sp³-hybridized carbons (Fsp3) is 0.0500. The summed E-state index contributed by atoms with van der Waals surface area (Å²) in [6.07, 6.45) is 3.28. The number of phenols is 2. The lowest BCUT2D eigenvalue weighted by Gasteiger charge is -2.09. The van der Waals surface area contributed by atoms with E-state index in [4.69, 9.17) is 4.42 Å². The highest BCUT2D eigenvalue weighted by atomic mass is 16.3. The summed E-state index contributed by atoms with van der Waals surface area (Å²) in [6.45, 7) is 5.48. The quantitative estimate of drug-likeness (QED) is 0.699. The van der Waals surface area contributed by atoms with Gasteiger partial charge in [-0.15, -0.1) is 0 Å². The molecule has 0 bridgehead atoms. The summed E-state index contributed by atoms with van der Waals surface area (Å²) >= 11 is 0. The van der Waals surface area contributed by atoms with Crippen LogP contribution in [0.1, 0.15) is 12.5 Å². The number of fused-ring (bicyclic) bond motifs is 1. The van der Waals surface area contributed by atoms with Crippen LogP contribution in [0.3, 0.4) is 0 Å². The van der Waals surface area contributed by atoms with Crippen LogP contribution >= 0.6 is 0 Å². The molecular weight excluding hydrogens is 304 g/mol. The summed E-state index contributed by atoms with van der Waals surface area (Å²) < 4.78 is 5.87. The predicted octanol–water partition coefficient (Wildman–Crippen LogP) is 4.46. The van der Waals surface area contributed by atoms with Crippen LogP contribution in [0.5, 0.6) is 11.5 Å². The van der Waals surface area contributed by atoms with Gasteiger partial charge in [0.25, 0.3) is 0 Å². The van der Waals surface area contributed by atoms with Crippen molar-refractivity contribution in [2.24, 2.45) is 0 Å². The van der Waals surface area contributed by atoms with E-state index in [-0.39, 0.29) is 27.9 Å². The zero-order chi connectivity index (χ0) is 17.3. The van der Waals surface area contributed by atoms with Crippen molar-refractivity contribution in [1.82, 2.24) is 0 Å². The van der Waals surface area contributed by atoms with E-state index < -0.39 is 0 Å². The molecule has 0 aliphatic rings. The SMILES string of the molecule is C=CC(C)=Cc1c(O)cc(O)c2c(=O)cc(-c3ccccc3)oc12. The highest BCUT2D eigenvalue weighted by molar-refractivity contribution is 5.94. The Morgan fingerprint density at radius 1 is 1.12 bits per heavy atom. The highest BCUT2D eigenvalue weighted by Gasteiger charge is 2.17. The molecular formula is C20H16O4. The fourth-order valence-corrected chi connectivity index (χ4v) is 2.49. The first-order valence-corrected chi connectivity index (χ1v) is 7.40. The number of aromatic hydroxyl groups is 2. The highest BCUT2D eigenvalue weighted by Crippen LogP contribution is 2.36. The number of allylic oxidation sites excluding steroid dienone is 2. The van der Waals surface area contributed by atoms with Crippen LogP contribution in [-0.4, -0.2) is 10.2 Å². The van der Waals surface area contributed by atoms with Gasteiger partial charge in [-0.05, 0) is 13.0 Å². The standard InChI is InChI=1S/C20H16O4/c1-3-12(2)9-14-15(21)10-16(22)19-17(23)11-18(24-20(14)19)13-7-5-4-6-8-13/h3-11,21-22H,1H2,2H3. The number of phenolic OH excluding ortho intramolecular Hbond substituents is 2. The van der Waals surface area contributed by atoms with E-state index in [1.54, 1.807) is 12.2 Å². The van der Waals surface area contributed by atoms with Crippen molar-refractivity contribution in [3.05, 3.63) is 76.5 Å². The molecule has 2 aromatic carbocycles. The number of hydrogen-bond acceptors (Lipinski definition) is 4. The molecule has 0 fully saturated rings. The lowest BCUT2D eigenvalue weighted by atomic mass is 10.0. The Balaban J connectivity index is 2.41. The maximum absolute atomic E-state index is 12.5. The van der Waals surface area contributed by atoms with Gasteiger partial charge in [0.15, 0.2) is 11.0 Å². The maximum atomic E-state index is 12.5. The second kappa shape index (κ2) is 6.08. The van der Waals surface area contributed by atoms with Crippen LogP contribution in [0.15, 0.2) is 69.9 Å². The minimum Gasteiger partial charge on any atom is -0.507 e. The van der Waals surface area contributed by atoms with E-state index in [9.17, 15) is 15.0 Å². The summed E-state index contributed by atoms with van der Waals surface area (Å²) in [5.41, 5.74) is 1.61. The molecule has 3 rings (SSSR count). The molecule has 0 aliphatic carbocycles. The largest absolute Gasteiger partial charge is 0.507 e. The molecule has 120 valence electrons. The van der Waals surface area contributed by atoms with Crippen LogP contribution < -0.4 is 5.43 Å². The Bertz CT molecular complexity index is 1010. The van der Waals surface area contributed by atoms with E-state index in [1.165, 1.54) is 6.07 Å². The number of benzene rings is 2. The van der Waals surface area contributed by atoms with Crippen LogP contribution in [0, 0.1) is 0 Å². The van der Waals surface area contributed by atoms with Gasteiger partial charge in [-0.2, -0.15) is 0 Å². The van der Waals surface area contributed by atoms with Gasteiger partial charge in [-0.3, -0.25) is 4.79 Å². The molecule has 4 nitrogen and oxygen atoms in total. The van der Waals surface area contributed by atoms with Gasteiger partial charge in [0.2, 0.25) is 0 Å². The van der Waals surface area contributed by atoms with E-state index in [2.05, 4.69) is 6.58 Å². The van der Waals surface area contributed by atoms with E-state index in [0.717, 1.165) is 17.2 Å². The van der Waals surface area contributed by atoms with E-state index >= 15 is 0 Å². The smallest absolute Gasteiger partial charge is 0.197 e. The first-order valence-electron chi connectivity index (χ1n) is 7.40. The van der Waals surface area contributed by atoms with Gasteiger partial charge in [0.1, 0.15) is 22.6 Å². The summed E-state index contributed by atoms with van der Waals surface area (Å²) in [7, 11) is 0. The molecule has 0 radical (unpaired) electrons. The Kier molecular flexibility index (Phi) is 3.96. The molecule has 0 aliphatic heterocycles. The molecule has 0 saturated carbocycles. The fourth-order valence-electron chi connectivity index (χ4n) is 2.49. The zero-order valence-electron chi connectivity index (χ0n) is 13.1. The lowest BCUT2D eigenvalue weighted by Crippen LogP contribution is -2.02. The second-order valence-corrected chi connectivity index (χ2v) is 5.47. The molecule has 1 heterocycles. The van der Waals surface area contributed by atoms with E-state index in [1.807, 2.05) is 37.3 Å². The Hall–Kier alpha value is -3.27. The lowest BCUT2D eigenvalue weighted by molar-refractivity contribution is 0.451. The Labute approximate surface area is 138 Å². The molecule has 0 saturated heterocycles. The van der Waals surface area contributed by atoms with Gasteiger partial charge < -0.3 is 14.6 Å². The van der Waals surface area contributed by atoms with Crippen LogP contribution in [0.2, 0.25) is 0 Å². The molecule has 1 aromatic heterocycles. The maximum Gasteiger partial charge on any atom is 0.197 e. The van der Waals surface area contributed by atoms with E-state index in [0.29, 0.717) is 11.3 Å². The van der Waals surface area contributed by atoms with Gasteiger partial charge in [-0.25, -0.2) is 0 Å². The van der Waals surface area contributed by atoms with Crippen molar-refractivity contribution >= 4 is 17.0 Å². The molecule has 2 N–H and O–H groups in total. The minimum atomic E-state index is -0.376. The zero-order valence-corrected chi connectivity index (χ0v) is 13.1. The summed E-state index contributed by atoms with van der Waals surface area (Å²) in [4.78, 5) is 12.5. The normalized spacial score (nSPS) is 11.6. The molecule has 0 amide bonds. The monoisotopic (exact) mass is 320 g/mol. The first-order chi connectivity index (χ1) is 11.5. The van der Waals surface area contributed by atoms with Gasteiger partial charge in [0.05, 0.1) is 5.56 Å². The minimum absolute atomic E-state index is 0.0376. The average Bonchev–Trinajstić information content (AvgIpc) is 2.58. The third kappa shape index (κ3) is 2.70. The van der Waals surface area contributed by atoms with Crippen molar-refractivity contribution in [2.75, 3.05) is 0 Å². The summed E-state index contributed by atoms with van der Waals surface area (Å²) in [6, 6.07) is 11.6. The molecule has 3 aromatic rings. The number of rotatable bonds is 3. The topological polar surface area (TPSA) is 70.7 Å². The molecule has 4 heteroatoms. The van der Waals surface area contributed by atoms with Crippen molar-refractivity contribution < 1.29 is 14.6 Å². The van der Waals surface area contributed by atoms with Crippen LogP contribution in [0.4, 0.5) is 0 Å². The first kappa shape index (κ1) is 15.6. The Morgan fingerprint density at radius 2 is 1.83 bits per heavy atom. The number of hydrogen-bond donors (Lipinski definition) is 2. The molecule has 24 heavy (non-hydrogen) atoms. The van der Waals surface area contributed by atoms with Gasteiger partial charge in [0, 0.05) is 17.7 Å². The molecule has 0 atom stereocenters. The second-order valence-electron chi connectivity index (χ2n) is 5.47. The molecule has 0 spiro atoms. The van der Waals surface area contributed by atoms with Crippen molar-refractivity contribution in [3.8, 4) is 22.8 Å². The Morgan fingerprint density at radius 3 is 2.50 bits per heavy atom. The third-order valence-electron chi connectivity index (χ3n) is 3.75. The van der Waals surface area contributed by atoms with Gasteiger partial charge >= 0.3 is 0 Å². The van der Waals surface area contributed by atoms with Crippen LogP contribution in [-0.2, 0) is 0 Å². The van der Waals surface area contributed by atoms with Crippen molar-refractivity contribution in [2.45, 2.75) is 6.92 Å². The third-order valence-corrected chi connectivity index (χ3v) is 3.75.